The molecular weight excluding hydrogens is 420 g/mol. The number of rotatable bonds is 6. The number of carbonyl (C=O) groups is 2. The van der Waals surface area contributed by atoms with Crippen LogP contribution < -0.4 is 4.74 Å². The first kappa shape index (κ1) is 23.2. The van der Waals surface area contributed by atoms with E-state index in [9.17, 15) is 14.7 Å². The summed E-state index contributed by atoms with van der Waals surface area (Å²) in [4.78, 5) is 28.2. The summed E-state index contributed by atoms with van der Waals surface area (Å²) < 4.78 is 6.91. The highest BCUT2D eigenvalue weighted by atomic mass is 35.5. The number of ketones is 1. The molecule has 0 unspecified atom stereocenters. The number of piperazine rings is 1. The van der Waals surface area contributed by atoms with E-state index < -0.39 is 5.60 Å². The molecule has 1 amide bonds. The van der Waals surface area contributed by atoms with Gasteiger partial charge in [0.15, 0.2) is 5.78 Å². The Morgan fingerprint density at radius 3 is 2.65 bits per heavy atom. The van der Waals surface area contributed by atoms with Crippen LogP contribution in [0.5, 0.6) is 5.75 Å². The van der Waals surface area contributed by atoms with Gasteiger partial charge in [-0.15, -0.1) is 0 Å². The van der Waals surface area contributed by atoms with Crippen LogP contribution in [0.15, 0.2) is 30.5 Å². The highest BCUT2D eigenvalue weighted by Gasteiger charge is 2.29. The molecule has 1 aromatic heterocycles. The van der Waals surface area contributed by atoms with Crippen molar-refractivity contribution in [2.45, 2.75) is 45.9 Å². The van der Waals surface area contributed by atoms with Crippen LogP contribution in [-0.4, -0.2) is 74.4 Å². The molecule has 1 saturated heterocycles. The normalized spacial score (nSPS) is 17.6. The number of carbonyl (C=O) groups excluding carboxylic acids is 2. The predicted molar refractivity (Wildman–Crippen MR) is 118 cm³/mol. The smallest absolute Gasteiger partial charge is 0.344 e. The first-order valence-electron chi connectivity index (χ1n) is 10.3. The molecule has 9 heteroatoms. The van der Waals surface area contributed by atoms with E-state index in [1.807, 2.05) is 19.1 Å². The minimum Gasteiger partial charge on any atom is -0.489 e. The lowest BCUT2D eigenvalue weighted by atomic mass is 10.1. The number of aromatic nitrogens is 2. The minimum absolute atomic E-state index is 0.0281. The van der Waals surface area contributed by atoms with Gasteiger partial charge in [0.1, 0.15) is 18.1 Å². The summed E-state index contributed by atoms with van der Waals surface area (Å²) in [5, 5.41) is 14.5. The second kappa shape index (κ2) is 9.38. The van der Waals surface area contributed by atoms with E-state index in [0.29, 0.717) is 37.0 Å². The maximum absolute atomic E-state index is 12.8. The van der Waals surface area contributed by atoms with Crippen molar-refractivity contribution in [3.05, 3.63) is 46.7 Å². The molecule has 3 rings (SSSR count). The van der Waals surface area contributed by atoms with Crippen LogP contribution in [0.2, 0.25) is 5.02 Å². The van der Waals surface area contributed by atoms with Gasteiger partial charge in [-0.2, -0.15) is 9.78 Å². The third-order valence-corrected chi connectivity index (χ3v) is 5.55. The lowest BCUT2D eigenvalue weighted by Gasteiger charge is -2.39. The van der Waals surface area contributed by atoms with Crippen molar-refractivity contribution in [1.82, 2.24) is 19.6 Å². The first-order valence-corrected chi connectivity index (χ1v) is 10.7. The molecule has 168 valence electrons. The zero-order valence-corrected chi connectivity index (χ0v) is 19.1. The molecule has 0 bridgehead atoms. The van der Waals surface area contributed by atoms with E-state index in [-0.39, 0.29) is 30.2 Å². The van der Waals surface area contributed by atoms with Gasteiger partial charge in [-0.05, 0) is 38.5 Å². The van der Waals surface area contributed by atoms with Gasteiger partial charge in [0.25, 0.3) is 0 Å². The second-order valence-electron chi connectivity index (χ2n) is 8.59. The number of Topliss-reactive ketones (excluding diaryl/α,β-unsaturated/α-hetero) is 1. The molecule has 1 aromatic carbocycles. The van der Waals surface area contributed by atoms with Crippen LogP contribution in [0.1, 0.15) is 43.7 Å². The predicted octanol–water partition coefficient (Wildman–Crippen LogP) is 3.06. The molecule has 1 fully saturated rings. The third-order valence-electron chi connectivity index (χ3n) is 5.12. The van der Waals surface area contributed by atoms with Crippen LogP contribution in [-0.2, 0) is 6.54 Å². The Morgan fingerprint density at radius 2 is 2.03 bits per heavy atom. The number of aliphatic hydroxyl groups is 1. The fourth-order valence-electron chi connectivity index (χ4n) is 3.50. The number of halogens is 1. The molecule has 31 heavy (non-hydrogen) atoms. The van der Waals surface area contributed by atoms with Gasteiger partial charge in [0.05, 0.1) is 10.6 Å². The molecular formula is C22H29ClN4O4. The number of hydrogen-bond donors (Lipinski definition) is 1. The minimum atomic E-state index is -0.947. The summed E-state index contributed by atoms with van der Waals surface area (Å²) >= 11 is 6.54. The zero-order valence-electron chi connectivity index (χ0n) is 18.3. The highest BCUT2D eigenvalue weighted by Crippen LogP contribution is 2.30. The molecule has 2 aromatic rings. The monoisotopic (exact) mass is 448 g/mol. The van der Waals surface area contributed by atoms with Gasteiger partial charge in [-0.3, -0.25) is 9.69 Å². The molecule has 0 aliphatic carbocycles. The molecule has 8 nitrogen and oxygen atoms in total. The quantitative estimate of drug-likeness (QED) is 0.683. The average Bonchev–Trinajstić information content (AvgIpc) is 3.18. The summed E-state index contributed by atoms with van der Waals surface area (Å²) in [6.45, 7) is 9.45. The van der Waals surface area contributed by atoms with E-state index in [2.05, 4.69) is 10.00 Å². The van der Waals surface area contributed by atoms with Crippen LogP contribution in [0.25, 0.3) is 0 Å². The standard InChI is InChI=1S/C22H29ClN4O4/c1-15-12-25(10-11-26(15)21(29)27-9-8-18(24-27)16(2)28)13-17-6-5-7-19(20(17)23)31-14-22(3,4)30/h5-9,15,30H,10-14H2,1-4H3/t15-/m0/s1. The summed E-state index contributed by atoms with van der Waals surface area (Å²) in [7, 11) is 0. The molecule has 0 spiro atoms. The largest absolute Gasteiger partial charge is 0.489 e. The van der Waals surface area contributed by atoms with Crippen LogP contribution in [0, 0.1) is 0 Å². The van der Waals surface area contributed by atoms with Crippen LogP contribution in [0.4, 0.5) is 4.79 Å². The Labute approximate surface area is 187 Å². The number of nitrogens with zero attached hydrogens (tertiary/aromatic N) is 4. The summed E-state index contributed by atoms with van der Waals surface area (Å²) in [6, 6.07) is 6.91. The van der Waals surface area contributed by atoms with Gasteiger partial charge in [0, 0.05) is 45.3 Å². The maximum atomic E-state index is 12.8. The third kappa shape index (κ3) is 5.84. The molecule has 0 radical (unpaired) electrons. The summed E-state index contributed by atoms with van der Waals surface area (Å²) in [6.07, 6.45) is 1.52. The van der Waals surface area contributed by atoms with E-state index in [1.165, 1.54) is 17.8 Å². The van der Waals surface area contributed by atoms with E-state index >= 15 is 0 Å². The molecule has 1 aliphatic rings. The van der Waals surface area contributed by atoms with E-state index in [1.54, 1.807) is 30.9 Å². The topological polar surface area (TPSA) is 87.9 Å². The average molecular weight is 449 g/mol. The lowest BCUT2D eigenvalue weighted by molar-refractivity contribution is 0.0284. The Morgan fingerprint density at radius 1 is 1.29 bits per heavy atom. The fraction of sp³-hybridized carbons (Fsp3) is 0.500. The summed E-state index contributed by atoms with van der Waals surface area (Å²) in [5.41, 5.74) is 0.262. The van der Waals surface area contributed by atoms with Gasteiger partial charge in [-0.25, -0.2) is 4.79 Å². The van der Waals surface area contributed by atoms with Gasteiger partial charge in [0.2, 0.25) is 0 Å². The van der Waals surface area contributed by atoms with Crippen molar-refractivity contribution in [1.29, 1.82) is 0 Å². The van der Waals surface area contributed by atoms with Crippen molar-refractivity contribution >= 4 is 23.4 Å². The second-order valence-corrected chi connectivity index (χ2v) is 8.97. The molecule has 2 heterocycles. The number of benzene rings is 1. The number of ether oxygens (including phenoxy) is 1. The Bertz CT molecular complexity index is 953. The van der Waals surface area contributed by atoms with Gasteiger partial charge in [-0.1, -0.05) is 23.7 Å². The van der Waals surface area contributed by atoms with Crippen molar-refractivity contribution in [2.24, 2.45) is 0 Å². The highest BCUT2D eigenvalue weighted by molar-refractivity contribution is 6.32. The Kier molecular flexibility index (Phi) is 7.03. The number of amides is 1. The molecule has 1 atom stereocenters. The van der Waals surface area contributed by atoms with Crippen molar-refractivity contribution < 1.29 is 19.4 Å². The van der Waals surface area contributed by atoms with Crippen molar-refractivity contribution in [3.63, 3.8) is 0 Å². The molecule has 1 N–H and O–H groups in total. The van der Waals surface area contributed by atoms with Crippen molar-refractivity contribution in [3.8, 4) is 5.75 Å². The maximum Gasteiger partial charge on any atom is 0.344 e. The first-order chi connectivity index (χ1) is 14.5. The lowest BCUT2D eigenvalue weighted by Crippen LogP contribution is -2.54. The van der Waals surface area contributed by atoms with Gasteiger partial charge >= 0.3 is 6.03 Å². The summed E-state index contributed by atoms with van der Waals surface area (Å²) in [5.74, 6) is 0.373. The van der Waals surface area contributed by atoms with Crippen molar-refractivity contribution in [2.75, 3.05) is 26.2 Å². The number of hydrogen-bond acceptors (Lipinski definition) is 6. The SMILES string of the molecule is CC(=O)c1ccn(C(=O)N2CCN(Cc3cccc(OCC(C)(C)O)c3Cl)C[C@@H]2C)n1. The zero-order chi connectivity index (χ0) is 22.8. The van der Waals surface area contributed by atoms with Crippen LogP contribution in [0.3, 0.4) is 0 Å². The Hall–Kier alpha value is -2.42. The Balaban J connectivity index is 1.62. The van der Waals surface area contributed by atoms with E-state index in [4.69, 9.17) is 16.3 Å². The molecule has 1 aliphatic heterocycles. The van der Waals surface area contributed by atoms with Crippen LogP contribution >= 0.6 is 11.6 Å². The van der Waals surface area contributed by atoms with Gasteiger partial charge < -0.3 is 14.7 Å². The fourth-order valence-corrected chi connectivity index (χ4v) is 3.74. The molecule has 0 saturated carbocycles. The van der Waals surface area contributed by atoms with E-state index in [0.717, 1.165) is 5.56 Å².